The van der Waals surface area contributed by atoms with E-state index in [-0.39, 0.29) is 11.6 Å². The number of nitrogens with one attached hydrogen (secondary N) is 1. The maximum atomic E-state index is 12.1. The maximum Gasteiger partial charge on any atom is 0.258 e. The van der Waals surface area contributed by atoms with Crippen molar-refractivity contribution in [3.05, 3.63) is 47.8 Å². The Hall–Kier alpha value is -2.03. The molecule has 0 aliphatic rings. The zero-order valence-electron chi connectivity index (χ0n) is 11.5. The summed E-state index contributed by atoms with van der Waals surface area (Å²) in [6, 6.07) is 6.46. The van der Waals surface area contributed by atoms with Gasteiger partial charge in [-0.1, -0.05) is 12.1 Å². The van der Waals surface area contributed by atoms with Crippen LogP contribution in [-0.4, -0.2) is 25.5 Å². The van der Waals surface area contributed by atoms with Crippen molar-refractivity contribution in [2.75, 3.05) is 7.11 Å². The number of nitrogens with zero attached hydrogens (tertiary/aromatic N) is 2. The molecule has 0 aliphatic carbocycles. The fraction of sp³-hybridized carbons (Fsp3) is 0.231. The minimum atomic E-state index is -3.66. The van der Waals surface area contributed by atoms with Gasteiger partial charge in [0.2, 0.25) is 5.88 Å². The molecule has 0 bridgehead atoms. The summed E-state index contributed by atoms with van der Waals surface area (Å²) < 4.78 is 31.6. The Labute approximate surface area is 123 Å². The Morgan fingerprint density at radius 3 is 2.38 bits per heavy atom. The third kappa shape index (κ3) is 3.97. The lowest BCUT2D eigenvalue weighted by Gasteiger charge is -2.07. The Morgan fingerprint density at radius 1 is 1.14 bits per heavy atom. The molecule has 0 amide bonds. The summed E-state index contributed by atoms with van der Waals surface area (Å²) >= 11 is 0. The second-order valence-electron chi connectivity index (χ2n) is 4.24. The van der Waals surface area contributed by atoms with Crippen LogP contribution in [0.15, 0.2) is 41.7 Å². The molecule has 0 atom stereocenters. The van der Waals surface area contributed by atoms with Gasteiger partial charge < -0.3 is 10.5 Å². The Kier molecular flexibility index (Phi) is 4.84. The van der Waals surface area contributed by atoms with Gasteiger partial charge in [0.1, 0.15) is 0 Å². The summed E-state index contributed by atoms with van der Waals surface area (Å²) in [7, 11) is -2.14. The van der Waals surface area contributed by atoms with E-state index in [2.05, 4.69) is 14.7 Å². The molecule has 21 heavy (non-hydrogen) atoms. The fourth-order valence-corrected chi connectivity index (χ4v) is 2.52. The van der Waals surface area contributed by atoms with E-state index >= 15 is 0 Å². The molecule has 0 spiro atoms. The highest BCUT2D eigenvalue weighted by Gasteiger charge is 2.15. The monoisotopic (exact) mass is 308 g/mol. The lowest BCUT2D eigenvalue weighted by molar-refractivity contribution is 0.397. The summed E-state index contributed by atoms with van der Waals surface area (Å²) in [6.07, 6.45) is 3.00. The van der Waals surface area contributed by atoms with Crippen LogP contribution in [0.1, 0.15) is 11.1 Å². The van der Waals surface area contributed by atoms with Crippen LogP contribution in [0.3, 0.4) is 0 Å². The molecule has 0 aliphatic heterocycles. The quantitative estimate of drug-likeness (QED) is 0.801. The van der Waals surface area contributed by atoms with Gasteiger partial charge in [-0.2, -0.15) is 0 Å². The number of aromatic nitrogens is 2. The molecule has 0 radical (unpaired) electrons. The van der Waals surface area contributed by atoms with E-state index in [1.54, 1.807) is 24.4 Å². The van der Waals surface area contributed by atoms with Crippen LogP contribution >= 0.6 is 0 Å². The highest BCUT2D eigenvalue weighted by atomic mass is 32.2. The fourth-order valence-electron chi connectivity index (χ4n) is 1.58. The number of hydrogen-bond donors (Lipinski definition) is 2. The van der Waals surface area contributed by atoms with Gasteiger partial charge in [-0.05, 0) is 17.2 Å². The molecule has 0 saturated carbocycles. The Bertz CT molecular complexity index is 684. The van der Waals surface area contributed by atoms with E-state index in [0.717, 1.165) is 11.1 Å². The molecule has 0 aromatic carbocycles. The zero-order valence-corrected chi connectivity index (χ0v) is 12.3. The van der Waals surface area contributed by atoms with Crippen LogP contribution in [0.4, 0.5) is 0 Å². The molecule has 0 unspecified atom stereocenters. The van der Waals surface area contributed by atoms with E-state index in [1.807, 2.05) is 0 Å². The number of methoxy groups -OCH3 is 1. The van der Waals surface area contributed by atoms with Gasteiger partial charge in [-0.15, -0.1) is 0 Å². The Morgan fingerprint density at radius 2 is 1.86 bits per heavy atom. The first kappa shape index (κ1) is 15.4. The van der Waals surface area contributed by atoms with Gasteiger partial charge in [-0.3, -0.25) is 0 Å². The summed E-state index contributed by atoms with van der Waals surface area (Å²) in [6.45, 7) is 0.442. The van der Waals surface area contributed by atoms with Crippen LogP contribution in [0, 0.1) is 0 Å². The molecule has 2 aromatic heterocycles. The van der Waals surface area contributed by atoms with Crippen molar-refractivity contribution in [1.29, 1.82) is 0 Å². The average molecular weight is 308 g/mol. The molecule has 7 nitrogen and oxygen atoms in total. The molecule has 0 saturated heterocycles. The highest BCUT2D eigenvalue weighted by Crippen LogP contribution is 2.09. The lowest BCUT2D eigenvalue weighted by atomic mass is 10.3. The minimum absolute atomic E-state index is 0.0406. The summed E-state index contributed by atoms with van der Waals surface area (Å²) in [5.74, 6) is 0.473. The van der Waals surface area contributed by atoms with E-state index < -0.39 is 10.0 Å². The number of hydrogen-bond acceptors (Lipinski definition) is 6. The van der Waals surface area contributed by atoms with Crippen molar-refractivity contribution < 1.29 is 13.2 Å². The summed E-state index contributed by atoms with van der Waals surface area (Å²) in [5, 5.41) is -0.0406. The smallest absolute Gasteiger partial charge is 0.258 e. The summed E-state index contributed by atoms with van der Waals surface area (Å²) in [4.78, 5) is 7.90. The first-order valence-corrected chi connectivity index (χ1v) is 7.67. The number of rotatable bonds is 6. The standard InChI is InChI=1S/C13H16N4O3S/c1-20-12-4-2-11(8-15-12)9-17-21(18,19)13-5-3-10(6-14)7-16-13/h2-5,7-8,17H,6,9,14H2,1H3. The Balaban J connectivity index is 2.05. The minimum Gasteiger partial charge on any atom is -0.481 e. The first-order valence-electron chi connectivity index (χ1n) is 6.19. The lowest BCUT2D eigenvalue weighted by Crippen LogP contribution is -2.24. The molecule has 2 aromatic rings. The molecule has 3 N–H and O–H groups in total. The van der Waals surface area contributed by atoms with Crippen LogP contribution < -0.4 is 15.2 Å². The van der Waals surface area contributed by atoms with Crippen LogP contribution in [0.5, 0.6) is 5.88 Å². The van der Waals surface area contributed by atoms with Gasteiger partial charge in [0.15, 0.2) is 5.03 Å². The van der Waals surface area contributed by atoms with Crippen LogP contribution in [0.25, 0.3) is 0 Å². The maximum absolute atomic E-state index is 12.1. The molecule has 0 fully saturated rings. The van der Waals surface area contributed by atoms with Gasteiger partial charge in [0, 0.05) is 31.5 Å². The second kappa shape index (κ2) is 6.61. The van der Waals surface area contributed by atoms with Gasteiger partial charge in [0.25, 0.3) is 10.0 Å². The first-order chi connectivity index (χ1) is 10.0. The summed E-state index contributed by atoms with van der Waals surface area (Å²) in [5.41, 5.74) is 6.94. The molecule has 112 valence electrons. The van der Waals surface area contributed by atoms with E-state index in [9.17, 15) is 8.42 Å². The molecule has 2 heterocycles. The highest BCUT2D eigenvalue weighted by molar-refractivity contribution is 7.89. The van der Waals surface area contributed by atoms with Crippen molar-refractivity contribution in [1.82, 2.24) is 14.7 Å². The van der Waals surface area contributed by atoms with Crippen molar-refractivity contribution >= 4 is 10.0 Å². The zero-order chi connectivity index (χ0) is 15.3. The third-order valence-electron chi connectivity index (χ3n) is 2.78. The van der Waals surface area contributed by atoms with Crippen molar-refractivity contribution in [3.8, 4) is 5.88 Å². The van der Waals surface area contributed by atoms with Crippen LogP contribution in [-0.2, 0) is 23.1 Å². The molecular formula is C13H16N4O3S. The number of sulfonamides is 1. The predicted molar refractivity (Wildman–Crippen MR) is 76.9 cm³/mol. The SMILES string of the molecule is COc1ccc(CNS(=O)(=O)c2ccc(CN)cn2)cn1. The molecule has 2 rings (SSSR count). The topological polar surface area (TPSA) is 107 Å². The van der Waals surface area contributed by atoms with Gasteiger partial charge in [0.05, 0.1) is 7.11 Å². The molecule has 8 heteroatoms. The average Bonchev–Trinajstić information content (AvgIpc) is 2.53. The second-order valence-corrected chi connectivity index (χ2v) is 5.96. The number of pyridine rings is 2. The largest absolute Gasteiger partial charge is 0.481 e. The van der Waals surface area contributed by atoms with E-state index in [4.69, 9.17) is 10.5 Å². The molecular weight excluding hydrogens is 292 g/mol. The van der Waals surface area contributed by atoms with Crippen molar-refractivity contribution in [2.45, 2.75) is 18.1 Å². The predicted octanol–water partition coefficient (Wildman–Crippen LogP) is 0.422. The van der Waals surface area contributed by atoms with Gasteiger partial charge >= 0.3 is 0 Å². The van der Waals surface area contributed by atoms with Gasteiger partial charge in [-0.25, -0.2) is 23.1 Å². The van der Waals surface area contributed by atoms with E-state index in [0.29, 0.717) is 12.4 Å². The van der Waals surface area contributed by atoms with Crippen molar-refractivity contribution in [2.24, 2.45) is 5.73 Å². The van der Waals surface area contributed by atoms with E-state index in [1.165, 1.54) is 19.4 Å². The number of nitrogens with two attached hydrogens (primary N) is 1. The van der Waals surface area contributed by atoms with Crippen molar-refractivity contribution in [3.63, 3.8) is 0 Å². The van der Waals surface area contributed by atoms with Crippen LogP contribution in [0.2, 0.25) is 0 Å². The third-order valence-corrected chi connectivity index (χ3v) is 4.10. The number of ether oxygens (including phenoxy) is 1. The normalized spacial score (nSPS) is 11.3.